The van der Waals surface area contributed by atoms with Gasteiger partial charge in [0.25, 0.3) is 0 Å². The van der Waals surface area contributed by atoms with Gasteiger partial charge in [0.2, 0.25) is 5.91 Å². The van der Waals surface area contributed by atoms with Crippen molar-refractivity contribution >= 4 is 16.9 Å². The first-order valence-corrected chi connectivity index (χ1v) is 10.9. The van der Waals surface area contributed by atoms with Gasteiger partial charge in [0.15, 0.2) is 11.5 Å². The average molecular weight is 394 g/mol. The fraction of sp³-hybridized carbons (Fsp3) is 0.522. The van der Waals surface area contributed by atoms with E-state index >= 15 is 0 Å². The summed E-state index contributed by atoms with van der Waals surface area (Å²) in [5, 5.41) is 9.16. The zero-order valence-electron chi connectivity index (χ0n) is 17.5. The molecule has 1 aliphatic carbocycles. The van der Waals surface area contributed by atoms with Gasteiger partial charge < -0.3 is 9.88 Å². The van der Waals surface area contributed by atoms with E-state index in [9.17, 15) is 4.79 Å². The Morgan fingerprint density at radius 2 is 1.86 bits per heavy atom. The van der Waals surface area contributed by atoms with Crippen LogP contribution in [-0.2, 0) is 11.3 Å². The van der Waals surface area contributed by atoms with Crippen molar-refractivity contribution < 1.29 is 4.79 Å². The number of hydrogen-bond acceptors (Lipinski definition) is 3. The van der Waals surface area contributed by atoms with Crippen molar-refractivity contribution in [2.24, 2.45) is 0 Å². The smallest absolute Gasteiger partial charge is 0.220 e. The van der Waals surface area contributed by atoms with E-state index in [1.54, 1.807) is 0 Å². The molecular formula is C23H31N5O. The van der Waals surface area contributed by atoms with Gasteiger partial charge in [-0.1, -0.05) is 25.7 Å². The Bertz CT molecular complexity index is 965. The van der Waals surface area contributed by atoms with Gasteiger partial charge in [-0.15, -0.1) is 0 Å². The highest BCUT2D eigenvalue weighted by Crippen LogP contribution is 2.25. The molecule has 0 saturated heterocycles. The second-order valence-electron chi connectivity index (χ2n) is 8.28. The molecule has 0 atom stereocenters. The molecule has 1 aliphatic rings. The third-order valence-electron chi connectivity index (χ3n) is 5.85. The standard InChI is InChI=1S/C23H31N5O/c1-17-16-18(2)24-22-21(17)23(27-13-7-8-14-27)26-28(22)15-9-12-20(29)25-19-10-5-3-4-6-11-19/h7-8,13-14,16,19H,3-6,9-12,15H2,1-2H3,(H,25,29). The Balaban J connectivity index is 1.46. The number of nitrogens with zero attached hydrogens (tertiary/aromatic N) is 4. The van der Waals surface area contributed by atoms with Crippen LogP contribution in [0, 0.1) is 13.8 Å². The number of carbonyl (C=O) groups is 1. The highest BCUT2D eigenvalue weighted by molar-refractivity contribution is 5.87. The van der Waals surface area contributed by atoms with E-state index in [4.69, 9.17) is 10.1 Å². The maximum atomic E-state index is 12.4. The van der Waals surface area contributed by atoms with E-state index in [1.807, 2.05) is 40.7 Å². The van der Waals surface area contributed by atoms with Gasteiger partial charge in [0, 0.05) is 37.1 Å². The topological polar surface area (TPSA) is 64.7 Å². The fourth-order valence-corrected chi connectivity index (χ4v) is 4.42. The first-order valence-electron chi connectivity index (χ1n) is 10.9. The summed E-state index contributed by atoms with van der Waals surface area (Å²) in [6, 6.07) is 6.46. The van der Waals surface area contributed by atoms with Gasteiger partial charge in [0.1, 0.15) is 0 Å². The molecule has 1 saturated carbocycles. The van der Waals surface area contributed by atoms with Crippen LogP contribution in [0.25, 0.3) is 16.9 Å². The molecule has 1 amide bonds. The Morgan fingerprint density at radius 1 is 1.14 bits per heavy atom. The van der Waals surface area contributed by atoms with Crippen molar-refractivity contribution in [1.82, 2.24) is 24.6 Å². The van der Waals surface area contributed by atoms with Crippen LogP contribution < -0.4 is 5.32 Å². The van der Waals surface area contributed by atoms with Crippen LogP contribution in [0.3, 0.4) is 0 Å². The average Bonchev–Trinajstić information content (AvgIpc) is 3.25. The molecular weight excluding hydrogens is 362 g/mol. The van der Waals surface area contributed by atoms with Gasteiger partial charge in [0.05, 0.1) is 5.39 Å². The number of amides is 1. The second kappa shape index (κ2) is 8.80. The molecule has 29 heavy (non-hydrogen) atoms. The first kappa shape index (κ1) is 19.7. The van der Waals surface area contributed by atoms with Gasteiger partial charge in [-0.3, -0.25) is 4.79 Å². The minimum Gasteiger partial charge on any atom is -0.353 e. The largest absolute Gasteiger partial charge is 0.353 e. The molecule has 4 rings (SSSR count). The van der Waals surface area contributed by atoms with Gasteiger partial charge in [-0.25, -0.2) is 9.67 Å². The summed E-state index contributed by atoms with van der Waals surface area (Å²) in [5.74, 6) is 1.07. The van der Waals surface area contributed by atoms with E-state index in [1.165, 1.54) is 31.2 Å². The molecule has 3 heterocycles. The summed E-state index contributed by atoms with van der Waals surface area (Å²) in [5.41, 5.74) is 3.06. The van der Waals surface area contributed by atoms with Crippen molar-refractivity contribution in [2.45, 2.75) is 77.8 Å². The van der Waals surface area contributed by atoms with Crippen LogP contribution in [-0.4, -0.2) is 31.3 Å². The molecule has 0 aliphatic heterocycles. The van der Waals surface area contributed by atoms with Crippen LogP contribution in [0.5, 0.6) is 0 Å². The lowest BCUT2D eigenvalue weighted by Gasteiger charge is -2.16. The van der Waals surface area contributed by atoms with Crippen molar-refractivity contribution in [3.05, 3.63) is 41.9 Å². The lowest BCUT2D eigenvalue weighted by molar-refractivity contribution is -0.122. The zero-order valence-corrected chi connectivity index (χ0v) is 17.5. The van der Waals surface area contributed by atoms with Crippen LogP contribution in [0.15, 0.2) is 30.6 Å². The molecule has 0 radical (unpaired) electrons. The minimum absolute atomic E-state index is 0.166. The van der Waals surface area contributed by atoms with Crippen molar-refractivity contribution in [3.63, 3.8) is 0 Å². The Kier molecular flexibility index (Phi) is 5.97. The predicted molar refractivity (Wildman–Crippen MR) is 115 cm³/mol. The van der Waals surface area contributed by atoms with E-state index in [0.717, 1.165) is 41.8 Å². The van der Waals surface area contributed by atoms with Crippen LogP contribution in [0.4, 0.5) is 0 Å². The summed E-state index contributed by atoms with van der Waals surface area (Å²) in [7, 11) is 0. The Hall–Kier alpha value is -2.63. The SMILES string of the molecule is Cc1cc(C)c2c(-n3cccc3)nn(CCCC(=O)NC3CCCCCC3)c2n1. The molecule has 6 nitrogen and oxygen atoms in total. The zero-order chi connectivity index (χ0) is 20.2. The molecule has 1 fully saturated rings. The summed E-state index contributed by atoms with van der Waals surface area (Å²) < 4.78 is 3.99. The number of fused-ring (bicyclic) bond motifs is 1. The van der Waals surface area contributed by atoms with Crippen LogP contribution in [0.1, 0.15) is 62.6 Å². The molecule has 0 spiro atoms. The van der Waals surface area contributed by atoms with E-state index in [0.29, 0.717) is 19.0 Å². The third kappa shape index (κ3) is 4.52. The number of hydrogen-bond donors (Lipinski definition) is 1. The Morgan fingerprint density at radius 3 is 2.59 bits per heavy atom. The normalized spacial score (nSPS) is 15.5. The lowest BCUT2D eigenvalue weighted by atomic mass is 10.1. The molecule has 0 bridgehead atoms. The molecule has 3 aromatic heterocycles. The monoisotopic (exact) mass is 393 g/mol. The number of rotatable bonds is 6. The van der Waals surface area contributed by atoms with Gasteiger partial charge in [-0.05, 0) is 56.9 Å². The van der Waals surface area contributed by atoms with Crippen molar-refractivity contribution in [3.8, 4) is 5.82 Å². The van der Waals surface area contributed by atoms with E-state index < -0.39 is 0 Å². The van der Waals surface area contributed by atoms with Crippen molar-refractivity contribution in [1.29, 1.82) is 0 Å². The highest BCUT2D eigenvalue weighted by Gasteiger charge is 2.17. The van der Waals surface area contributed by atoms with E-state index in [-0.39, 0.29) is 5.91 Å². The number of aromatic nitrogens is 4. The lowest BCUT2D eigenvalue weighted by Crippen LogP contribution is -2.34. The molecule has 6 heteroatoms. The van der Waals surface area contributed by atoms with Gasteiger partial charge in [-0.2, -0.15) is 5.10 Å². The van der Waals surface area contributed by atoms with E-state index in [2.05, 4.69) is 18.3 Å². The summed E-state index contributed by atoms with van der Waals surface area (Å²) in [6.45, 7) is 4.81. The first-order chi connectivity index (χ1) is 14.1. The van der Waals surface area contributed by atoms with Crippen molar-refractivity contribution in [2.75, 3.05) is 0 Å². The fourth-order valence-electron chi connectivity index (χ4n) is 4.42. The number of carbonyl (C=O) groups excluding carboxylic acids is 1. The quantitative estimate of drug-likeness (QED) is 0.629. The highest BCUT2D eigenvalue weighted by atomic mass is 16.1. The van der Waals surface area contributed by atoms with Crippen LogP contribution in [0.2, 0.25) is 0 Å². The second-order valence-corrected chi connectivity index (χ2v) is 8.28. The maximum absolute atomic E-state index is 12.4. The number of nitrogens with one attached hydrogen (secondary N) is 1. The number of aryl methyl sites for hydroxylation is 3. The van der Waals surface area contributed by atoms with Crippen LogP contribution >= 0.6 is 0 Å². The molecule has 3 aromatic rings. The Labute approximate surface area is 172 Å². The van der Waals surface area contributed by atoms with Gasteiger partial charge >= 0.3 is 0 Å². The maximum Gasteiger partial charge on any atom is 0.220 e. The molecule has 0 unspecified atom stereocenters. The molecule has 1 N–H and O–H groups in total. The summed E-state index contributed by atoms with van der Waals surface area (Å²) >= 11 is 0. The third-order valence-corrected chi connectivity index (χ3v) is 5.85. The molecule has 0 aromatic carbocycles. The minimum atomic E-state index is 0.166. The summed E-state index contributed by atoms with van der Waals surface area (Å²) in [6.07, 6.45) is 12.6. The number of pyridine rings is 1. The molecule has 154 valence electrons. The predicted octanol–water partition coefficient (Wildman–Crippen LogP) is 4.46. The summed E-state index contributed by atoms with van der Waals surface area (Å²) in [4.78, 5) is 17.2.